The van der Waals surface area contributed by atoms with Gasteiger partial charge in [0.05, 0.1) is 12.2 Å². The van der Waals surface area contributed by atoms with E-state index in [0.29, 0.717) is 12.5 Å². The van der Waals surface area contributed by atoms with Crippen LogP contribution in [0.1, 0.15) is 60.8 Å². The first-order chi connectivity index (χ1) is 12.1. The van der Waals surface area contributed by atoms with E-state index in [9.17, 15) is 0 Å². The van der Waals surface area contributed by atoms with E-state index in [1.165, 1.54) is 16.7 Å². The van der Waals surface area contributed by atoms with E-state index in [4.69, 9.17) is 4.52 Å². The predicted octanol–water partition coefficient (Wildman–Crippen LogP) is 4.68. The quantitative estimate of drug-likeness (QED) is 0.351. The van der Waals surface area contributed by atoms with Gasteiger partial charge in [0.25, 0.3) is 0 Å². The Morgan fingerprint density at radius 1 is 1.12 bits per heavy atom. The average molecular weight is 470 g/mol. The van der Waals surface area contributed by atoms with Gasteiger partial charge in [0, 0.05) is 25.6 Å². The number of hydrogen-bond acceptors (Lipinski definition) is 3. The van der Waals surface area contributed by atoms with Crippen LogP contribution in [-0.4, -0.2) is 18.2 Å². The van der Waals surface area contributed by atoms with Gasteiger partial charge in [-0.3, -0.25) is 4.99 Å². The zero-order valence-corrected chi connectivity index (χ0v) is 18.8. The second kappa shape index (κ2) is 11.2. The summed E-state index contributed by atoms with van der Waals surface area (Å²) >= 11 is 0. The lowest BCUT2D eigenvalue weighted by Gasteiger charge is -2.12. The first kappa shape index (κ1) is 22.5. The summed E-state index contributed by atoms with van der Waals surface area (Å²) in [5, 5.41) is 10.8. The monoisotopic (exact) mass is 470 g/mol. The van der Waals surface area contributed by atoms with E-state index in [2.05, 4.69) is 66.7 Å². The van der Waals surface area contributed by atoms with Crippen molar-refractivity contribution in [1.82, 2.24) is 15.8 Å². The second-order valence-electron chi connectivity index (χ2n) is 6.44. The van der Waals surface area contributed by atoms with Gasteiger partial charge < -0.3 is 15.2 Å². The second-order valence-corrected chi connectivity index (χ2v) is 6.44. The van der Waals surface area contributed by atoms with Crippen molar-refractivity contribution in [2.24, 2.45) is 4.99 Å². The van der Waals surface area contributed by atoms with Crippen molar-refractivity contribution in [3.63, 3.8) is 0 Å². The summed E-state index contributed by atoms with van der Waals surface area (Å²) in [6.07, 6.45) is 2.16. The van der Waals surface area contributed by atoms with Crippen molar-refractivity contribution in [2.45, 2.75) is 59.5 Å². The molecule has 0 bridgehead atoms. The summed E-state index contributed by atoms with van der Waals surface area (Å²) in [5.41, 5.74) is 4.87. The zero-order valence-electron chi connectivity index (χ0n) is 16.4. The van der Waals surface area contributed by atoms with Gasteiger partial charge in [-0.25, -0.2) is 0 Å². The summed E-state index contributed by atoms with van der Waals surface area (Å²) in [6, 6.07) is 8.53. The Labute approximate surface area is 174 Å². The maximum atomic E-state index is 5.44. The van der Waals surface area contributed by atoms with Crippen molar-refractivity contribution in [3.05, 3.63) is 52.4 Å². The average Bonchev–Trinajstić information content (AvgIpc) is 3.06. The lowest BCUT2D eigenvalue weighted by molar-refractivity contribution is 0.368. The first-order valence-electron chi connectivity index (χ1n) is 9.03. The van der Waals surface area contributed by atoms with Crippen LogP contribution in [0.5, 0.6) is 0 Å². The van der Waals surface area contributed by atoms with Gasteiger partial charge in [0.2, 0.25) is 0 Å². The molecule has 5 nitrogen and oxygen atoms in total. The minimum atomic E-state index is 0. The minimum absolute atomic E-state index is 0. The highest BCUT2D eigenvalue weighted by molar-refractivity contribution is 14.0. The molecule has 0 aliphatic rings. The molecule has 0 saturated carbocycles. The number of aromatic nitrogens is 1. The van der Waals surface area contributed by atoms with Gasteiger partial charge in [-0.15, -0.1) is 24.0 Å². The standard InChI is InChI=1S/C20H30N4O.HI/c1-6-16(7-2)19-11-18(25-24-19)13-23-20(21-5)22-12-17-9-8-14(3)10-15(17)4;/h8-11,16H,6-7,12-13H2,1-5H3,(H2,21,22,23);1H. The van der Waals surface area contributed by atoms with Crippen LogP contribution >= 0.6 is 24.0 Å². The Balaban J connectivity index is 0.00000338. The van der Waals surface area contributed by atoms with Gasteiger partial charge in [0.1, 0.15) is 0 Å². The Morgan fingerprint density at radius 2 is 1.81 bits per heavy atom. The number of nitrogens with zero attached hydrogens (tertiary/aromatic N) is 2. The van der Waals surface area contributed by atoms with Crippen LogP contribution in [0.4, 0.5) is 0 Å². The zero-order chi connectivity index (χ0) is 18.2. The molecule has 2 N–H and O–H groups in total. The molecule has 0 fully saturated rings. The number of aryl methyl sites for hydroxylation is 2. The molecule has 26 heavy (non-hydrogen) atoms. The number of benzene rings is 1. The fourth-order valence-corrected chi connectivity index (χ4v) is 2.93. The molecule has 0 spiro atoms. The SMILES string of the molecule is CCC(CC)c1cc(CNC(=NC)NCc2ccc(C)cc2C)on1.I. The van der Waals surface area contributed by atoms with Crippen molar-refractivity contribution < 1.29 is 4.52 Å². The topological polar surface area (TPSA) is 62.5 Å². The van der Waals surface area contributed by atoms with Crippen molar-refractivity contribution in [3.8, 4) is 0 Å². The smallest absolute Gasteiger partial charge is 0.191 e. The number of nitrogens with one attached hydrogen (secondary N) is 2. The Morgan fingerprint density at radius 3 is 2.42 bits per heavy atom. The van der Waals surface area contributed by atoms with Crippen LogP contribution in [0.25, 0.3) is 0 Å². The number of rotatable bonds is 7. The molecule has 1 heterocycles. The predicted molar refractivity (Wildman–Crippen MR) is 118 cm³/mol. The van der Waals surface area contributed by atoms with E-state index in [1.54, 1.807) is 7.05 Å². The van der Waals surface area contributed by atoms with E-state index in [0.717, 1.165) is 36.8 Å². The molecule has 6 heteroatoms. The number of aliphatic imine (C=N–C) groups is 1. The maximum Gasteiger partial charge on any atom is 0.191 e. The van der Waals surface area contributed by atoms with E-state index in [1.807, 2.05) is 6.07 Å². The molecular formula is C20H31IN4O. The normalized spacial score (nSPS) is 11.4. The molecule has 0 unspecified atom stereocenters. The third kappa shape index (κ3) is 6.30. The van der Waals surface area contributed by atoms with Gasteiger partial charge in [-0.1, -0.05) is 42.8 Å². The lowest BCUT2D eigenvalue weighted by atomic mass is 9.99. The maximum absolute atomic E-state index is 5.44. The highest BCUT2D eigenvalue weighted by atomic mass is 127. The lowest BCUT2D eigenvalue weighted by Crippen LogP contribution is -2.36. The van der Waals surface area contributed by atoms with Crippen LogP contribution in [-0.2, 0) is 13.1 Å². The third-order valence-corrected chi connectivity index (χ3v) is 4.58. The molecule has 1 aromatic heterocycles. The van der Waals surface area contributed by atoms with Crippen LogP contribution in [0.15, 0.2) is 33.8 Å². The summed E-state index contributed by atoms with van der Waals surface area (Å²) in [6.45, 7) is 9.91. The third-order valence-electron chi connectivity index (χ3n) is 4.58. The Kier molecular flexibility index (Phi) is 9.69. The fourth-order valence-electron chi connectivity index (χ4n) is 2.93. The van der Waals surface area contributed by atoms with E-state index >= 15 is 0 Å². The van der Waals surface area contributed by atoms with Crippen LogP contribution in [0, 0.1) is 13.8 Å². The molecule has 0 aliphatic heterocycles. The molecular weight excluding hydrogens is 439 g/mol. The molecule has 1 aromatic carbocycles. The van der Waals surface area contributed by atoms with Crippen molar-refractivity contribution in [1.29, 1.82) is 0 Å². The summed E-state index contributed by atoms with van der Waals surface area (Å²) in [7, 11) is 1.77. The summed E-state index contributed by atoms with van der Waals surface area (Å²) in [5.74, 6) is 2.05. The van der Waals surface area contributed by atoms with Gasteiger partial charge in [-0.05, 0) is 37.8 Å². The highest BCUT2D eigenvalue weighted by Crippen LogP contribution is 2.22. The number of guanidine groups is 1. The Hall–Kier alpha value is -1.57. The number of halogens is 1. The molecule has 0 atom stereocenters. The minimum Gasteiger partial charge on any atom is -0.359 e. The molecule has 0 amide bonds. The van der Waals surface area contributed by atoms with Crippen molar-refractivity contribution >= 4 is 29.9 Å². The summed E-state index contributed by atoms with van der Waals surface area (Å²) in [4.78, 5) is 4.27. The van der Waals surface area contributed by atoms with Gasteiger partial charge in [-0.2, -0.15) is 0 Å². The number of hydrogen-bond donors (Lipinski definition) is 2. The van der Waals surface area contributed by atoms with E-state index in [-0.39, 0.29) is 24.0 Å². The Bertz CT molecular complexity index is 708. The highest BCUT2D eigenvalue weighted by Gasteiger charge is 2.13. The molecule has 0 saturated heterocycles. The fraction of sp³-hybridized carbons (Fsp3) is 0.500. The molecule has 2 rings (SSSR count). The van der Waals surface area contributed by atoms with Crippen LogP contribution in [0.3, 0.4) is 0 Å². The van der Waals surface area contributed by atoms with E-state index < -0.39 is 0 Å². The van der Waals surface area contributed by atoms with Crippen LogP contribution in [0.2, 0.25) is 0 Å². The molecule has 0 aliphatic carbocycles. The van der Waals surface area contributed by atoms with Gasteiger partial charge in [0.15, 0.2) is 11.7 Å². The first-order valence-corrected chi connectivity index (χ1v) is 9.03. The molecule has 2 aromatic rings. The van der Waals surface area contributed by atoms with Gasteiger partial charge >= 0.3 is 0 Å². The summed E-state index contributed by atoms with van der Waals surface area (Å²) < 4.78 is 5.44. The molecule has 144 valence electrons. The largest absolute Gasteiger partial charge is 0.359 e. The van der Waals surface area contributed by atoms with Crippen molar-refractivity contribution in [2.75, 3.05) is 7.05 Å². The molecule has 0 radical (unpaired) electrons. The van der Waals surface area contributed by atoms with Crippen LogP contribution < -0.4 is 10.6 Å².